The van der Waals surface area contributed by atoms with Gasteiger partial charge in [-0.3, -0.25) is 0 Å². The van der Waals surface area contributed by atoms with E-state index in [9.17, 15) is 15.0 Å². The Bertz CT molecular complexity index is 1010. The summed E-state index contributed by atoms with van der Waals surface area (Å²) in [7, 11) is 0. The molecule has 3 aromatic carbocycles. The van der Waals surface area contributed by atoms with Gasteiger partial charge < -0.3 is 19.7 Å². The maximum atomic E-state index is 12.5. The number of aromatic hydroxyl groups is 1. The van der Waals surface area contributed by atoms with Crippen molar-refractivity contribution in [2.45, 2.75) is 5.60 Å². The van der Waals surface area contributed by atoms with E-state index in [1.165, 1.54) is 24.3 Å². The minimum absolute atomic E-state index is 0. The van der Waals surface area contributed by atoms with Crippen LogP contribution in [0.3, 0.4) is 0 Å². The SMILES string of the molecule is O=C1OC2(c3ccc([O-])cc3Oc3cc(O)ccc32)c2ccccc21.[Na+]. The van der Waals surface area contributed by atoms with Crippen LogP contribution in [0.25, 0.3) is 0 Å². The van der Waals surface area contributed by atoms with Gasteiger partial charge in [0.05, 0.1) is 5.56 Å². The van der Waals surface area contributed by atoms with Crippen LogP contribution in [0.5, 0.6) is 23.0 Å². The molecule has 0 bridgehead atoms. The molecule has 0 aromatic heterocycles. The Morgan fingerprint density at radius 3 is 2.38 bits per heavy atom. The first-order chi connectivity index (χ1) is 12.1. The van der Waals surface area contributed by atoms with Gasteiger partial charge in [0.1, 0.15) is 17.2 Å². The van der Waals surface area contributed by atoms with Gasteiger partial charge in [-0.25, -0.2) is 4.79 Å². The summed E-state index contributed by atoms with van der Waals surface area (Å²) in [5, 5.41) is 21.6. The van der Waals surface area contributed by atoms with Gasteiger partial charge in [0.2, 0.25) is 0 Å². The number of phenols is 1. The zero-order valence-corrected chi connectivity index (χ0v) is 15.9. The van der Waals surface area contributed by atoms with Crippen molar-refractivity contribution in [2.24, 2.45) is 0 Å². The fourth-order valence-electron chi connectivity index (χ4n) is 3.65. The molecule has 2 aliphatic rings. The number of benzene rings is 3. The number of esters is 1. The molecule has 1 N–H and O–H groups in total. The van der Waals surface area contributed by atoms with Gasteiger partial charge in [-0.05, 0) is 24.3 Å². The third-order valence-corrected chi connectivity index (χ3v) is 4.67. The second-order valence-electron chi connectivity index (χ2n) is 6.06. The Hall–Kier alpha value is -2.47. The first-order valence-corrected chi connectivity index (χ1v) is 7.75. The normalized spacial score (nSPS) is 18.8. The number of carbonyl (C=O) groups excluding carboxylic acids is 1. The summed E-state index contributed by atoms with van der Waals surface area (Å²) in [6.07, 6.45) is 0. The summed E-state index contributed by atoms with van der Waals surface area (Å²) in [6.45, 7) is 0. The van der Waals surface area contributed by atoms with E-state index in [1.807, 2.05) is 12.1 Å². The van der Waals surface area contributed by atoms with Crippen LogP contribution in [0.1, 0.15) is 27.0 Å². The molecule has 26 heavy (non-hydrogen) atoms. The first kappa shape index (κ1) is 17.0. The van der Waals surface area contributed by atoms with E-state index < -0.39 is 11.6 Å². The largest absolute Gasteiger partial charge is 1.00 e. The van der Waals surface area contributed by atoms with E-state index >= 15 is 0 Å². The molecule has 3 aromatic rings. The zero-order valence-electron chi connectivity index (χ0n) is 13.9. The Morgan fingerprint density at radius 2 is 1.58 bits per heavy atom. The van der Waals surface area contributed by atoms with Crippen LogP contribution in [0.15, 0.2) is 60.7 Å². The topological polar surface area (TPSA) is 78.8 Å². The molecule has 1 atom stereocenters. The van der Waals surface area contributed by atoms with E-state index in [4.69, 9.17) is 9.47 Å². The molecule has 1 spiro atoms. The smallest absolute Gasteiger partial charge is 0.872 e. The Morgan fingerprint density at radius 1 is 0.885 bits per heavy atom. The minimum Gasteiger partial charge on any atom is -0.872 e. The maximum absolute atomic E-state index is 12.5. The predicted octanol–water partition coefficient (Wildman–Crippen LogP) is 0.0378. The molecule has 2 heterocycles. The molecule has 0 saturated heterocycles. The fourth-order valence-corrected chi connectivity index (χ4v) is 3.65. The van der Waals surface area contributed by atoms with Gasteiger partial charge in [-0.1, -0.05) is 30.3 Å². The molecule has 2 aliphatic heterocycles. The second-order valence-corrected chi connectivity index (χ2v) is 6.06. The van der Waals surface area contributed by atoms with Gasteiger partial charge in [0.15, 0.2) is 5.60 Å². The van der Waals surface area contributed by atoms with Crippen molar-refractivity contribution in [1.29, 1.82) is 0 Å². The third-order valence-electron chi connectivity index (χ3n) is 4.67. The predicted molar refractivity (Wildman–Crippen MR) is 85.8 cm³/mol. The molecular weight excluding hydrogens is 343 g/mol. The summed E-state index contributed by atoms with van der Waals surface area (Å²) < 4.78 is 11.7. The van der Waals surface area contributed by atoms with Crippen LogP contribution in [-0.4, -0.2) is 11.1 Å². The van der Waals surface area contributed by atoms with E-state index in [0.717, 1.165) is 0 Å². The van der Waals surface area contributed by atoms with Crippen molar-refractivity contribution in [3.63, 3.8) is 0 Å². The average molecular weight is 354 g/mol. The molecule has 5 rings (SSSR count). The number of hydrogen-bond donors (Lipinski definition) is 1. The summed E-state index contributed by atoms with van der Waals surface area (Å²) in [5.74, 6) is 0.0368. The molecule has 0 radical (unpaired) electrons. The maximum Gasteiger partial charge on any atom is 1.00 e. The molecule has 5 nitrogen and oxygen atoms in total. The molecule has 1 unspecified atom stereocenters. The van der Waals surface area contributed by atoms with Crippen LogP contribution in [0, 0.1) is 0 Å². The number of hydrogen-bond acceptors (Lipinski definition) is 5. The van der Waals surface area contributed by atoms with Gasteiger partial charge in [0, 0.05) is 22.8 Å². The van der Waals surface area contributed by atoms with Crippen molar-refractivity contribution in [2.75, 3.05) is 0 Å². The molecule has 0 amide bonds. The molecular formula is C20H11NaO5. The van der Waals surface area contributed by atoms with Crippen LogP contribution >= 0.6 is 0 Å². The fraction of sp³-hybridized carbons (Fsp3) is 0.0500. The van der Waals surface area contributed by atoms with Crippen LogP contribution < -0.4 is 39.4 Å². The number of fused-ring (bicyclic) bond motifs is 6. The molecule has 0 saturated carbocycles. The zero-order chi connectivity index (χ0) is 17.2. The van der Waals surface area contributed by atoms with Gasteiger partial charge >= 0.3 is 35.5 Å². The molecule has 0 fully saturated rings. The van der Waals surface area contributed by atoms with Gasteiger partial charge in [-0.2, -0.15) is 0 Å². The van der Waals surface area contributed by atoms with Crippen molar-refractivity contribution < 1.29 is 54.0 Å². The second kappa shape index (κ2) is 5.77. The minimum atomic E-state index is -1.20. The molecule has 122 valence electrons. The third kappa shape index (κ3) is 2.11. The number of rotatable bonds is 0. The standard InChI is InChI=1S/C20H12O5.Na/c21-11-5-7-15-17(9-11)24-18-10-12(22)6-8-16(18)20(15)14-4-2-1-3-13(14)19(23)25-20;/h1-10,21-22H;/q;+1/p-1. The number of phenolic OH excluding ortho intramolecular Hbond substituents is 1. The van der Waals surface area contributed by atoms with Crippen LogP contribution in [0.4, 0.5) is 0 Å². The van der Waals surface area contributed by atoms with Crippen molar-refractivity contribution >= 4 is 5.97 Å². The van der Waals surface area contributed by atoms with E-state index in [1.54, 1.807) is 24.3 Å². The number of ether oxygens (including phenoxy) is 2. The van der Waals surface area contributed by atoms with Crippen molar-refractivity contribution in [1.82, 2.24) is 0 Å². The summed E-state index contributed by atoms with van der Waals surface area (Å²) >= 11 is 0. The molecule has 0 aliphatic carbocycles. The van der Waals surface area contributed by atoms with Crippen LogP contribution in [-0.2, 0) is 10.3 Å². The van der Waals surface area contributed by atoms with Crippen molar-refractivity contribution in [3.8, 4) is 23.0 Å². The van der Waals surface area contributed by atoms with Crippen LogP contribution in [0.2, 0.25) is 0 Å². The Labute approximate surface area is 171 Å². The van der Waals surface area contributed by atoms with Gasteiger partial charge in [-0.15, -0.1) is 5.75 Å². The summed E-state index contributed by atoms with van der Waals surface area (Å²) in [4.78, 5) is 12.5. The monoisotopic (exact) mass is 354 g/mol. The van der Waals surface area contributed by atoms with Gasteiger partial charge in [0.25, 0.3) is 0 Å². The summed E-state index contributed by atoms with van der Waals surface area (Å²) in [6, 6.07) is 16.2. The number of carbonyl (C=O) groups is 1. The first-order valence-electron chi connectivity index (χ1n) is 7.75. The Balaban J connectivity index is 0.00000168. The van der Waals surface area contributed by atoms with Crippen molar-refractivity contribution in [3.05, 3.63) is 82.9 Å². The summed E-state index contributed by atoms with van der Waals surface area (Å²) in [5.41, 5.74) is 1.16. The van der Waals surface area contributed by atoms with E-state index in [-0.39, 0.29) is 41.1 Å². The Kier molecular flexibility index (Phi) is 3.77. The average Bonchev–Trinajstić information content (AvgIpc) is 2.88. The quantitative estimate of drug-likeness (QED) is 0.456. The van der Waals surface area contributed by atoms with E-state index in [2.05, 4.69) is 0 Å². The van der Waals surface area contributed by atoms with E-state index in [0.29, 0.717) is 33.8 Å². The molecule has 6 heteroatoms.